The number of rotatable bonds is 1. The van der Waals surface area contributed by atoms with Gasteiger partial charge in [-0.05, 0) is 35.9 Å². The van der Waals surface area contributed by atoms with E-state index in [-0.39, 0.29) is 11.6 Å². The average molecular weight is 464 g/mol. The van der Waals surface area contributed by atoms with Gasteiger partial charge in [0.25, 0.3) is 0 Å². The molecule has 0 spiro atoms. The highest BCUT2D eigenvalue weighted by atomic mass is 16.3. The monoisotopic (exact) mass is 464 g/mol. The van der Waals surface area contributed by atoms with Crippen LogP contribution in [0.15, 0.2) is 106 Å². The van der Waals surface area contributed by atoms with Gasteiger partial charge < -0.3 is 8.83 Å². The van der Waals surface area contributed by atoms with Crippen molar-refractivity contribution in [1.82, 2.24) is 0 Å². The number of hydrogen-bond donors (Lipinski definition) is 0. The molecule has 0 N–H and O–H groups in total. The summed E-state index contributed by atoms with van der Waals surface area (Å²) < 4.78 is 12.7. The lowest BCUT2D eigenvalue weighted by atomic mass is 9.82. The van der Waals surface area contributed by atoms with E-state index in [4.69, 9.17) is 8.83 Å². The molecule has 2 aromatic heterocycles. The molecular formula is C32H16O4. The van der Waals surface area contributed by atoms with Gasteiger partial charge in [-0.2, -0.15) is 0 Å². The van der Waals surface area contributed by atoms with Crippen molar-refractivity contribution in [2.24, 2.45) is 0 Å². The first-order chi connectivity index (χ1) is 17.7. The van der Waals surface area contributed by atoms with E-state index in [2.05, 4.69) is 0 Å². The predicted octanol–water partition coefficient (Wildman–Crippen LogP) is 7.93. The van der Waals surface area contributed by atoms with Gasteiger partial charge in [-0.1, -0.05) is 66.7 Å². The molecular weight excluding hydrogens is 448 g/mol. The summed E-state index contributed by atoms with van der Waals surface area (Å²) in [5.74, 6) is -0.278. The minimum atomic E-state index is -0.146. The Morgan fingerprint density at radius 3 is 1.86 bits per heavy atom. The molecule has 168 valence electrons. The highest BCUT2D eigenvalue weighted by molar-refractivity contribution is 6.29. The van der Waals surface area contributed by atoms with Crippen LogP contribution in [0.4, 0.5) is 0 Å². The van der Waals surface area contributed by atoms with Crippen LogP contribution in [0.25, 0.3) is 55.0 Å². The standard InChI is InChI=1S/C32H16O4/c33-30-19-8-1-2-9-20(19)31(34)23-15-17(13-14-21(23)30)28-29-22-10-4-6-12-26(22)35-27(29)16-24-18-7-3-5-11-25(18)36-32(24)28/h1-16H. The summed E-state index contributed by atoms with van der Waals surface area (Å²) in [5.41, 5.74) is 6.41. The normalized spacial score (nSPS) is 13.1. The Kier molecular flexibility index (Phi) is 3.66. The van der Waals surface area contributed by atoms with Crippen LogP contribution in [0, 0.1) is 0 Å². The Morgan fingerprint density at radius 2 is 1.08 bits per heavy atom. The van der Waals surface area contributed by atoms with Crippen LogP contribution < -0.4 is 0 Å². The van der Waals surface area contributed by atoms with Gasteiger partial charge in [0, 0.05) is 49.4 Å². The lowest BCUT2D eigenvalue weighted by Gasteiger charge is -2.18. The average Bonchev–Trinajstić information content (AvgIpc) is 3.48. The van der Waals surface area contributed by atoms with Gasteiger partial charge in [0.05, 0.1) is 0 Å². The second-order valence-electron chi connectivity index (χ2n) is 9.16. The maximum Gasteiger partial charge on any atom is 0.194 e. The molecule has 0 bridgehead atoms. The first-order valence-electron chi connectivity index (χ1n) is 11.8. The molecule has 0 fully saturated rings. The molecule has 5 aromatic carbocycles. The molecule has 36 heavy (non-hydrogen) atoms. The first kappa shape index (κ1) is 19.4. The van der Waals surface area contributed by atoms with Crippen LogP contribution in [0.2, 0.25) is 0 Å². The summed E-state index contributed by atoms with van der Waals surface area (Å²) in [6.07, 6.45) is 0. The van der Waals surface area contributed by atoms with Crippen molar-refractivity contribution in [2.75, 3.05) is 0 Å². The van der Waals surface area contributed by atoms with E-state index in [9.17, 15) is 9.59 Å². The van der Waals surface area contributed by atoms with Gasteiger partial charge >= 0.3 is 0 Å². The van der Waals surface area contributed by atoms with E-state index < -0.39 is 0 Å². The molecule has 4 nitrogen and oxygen atoms in total. The molecule has 0 amide bonds. The van der Waals surface area contributed by atoms with Crippen LogP contribution >= 0.6 is 0 Å². The fourth-order valence-corrected chi connectivity index (χ4v) is 5.59. The van der Waals surface area contributed by atoms with Gasteiger partial charge in [-0.15, -0.1) is 0 Å². The van der Waals surface area contributed by atoms with Crippen LogP contribution in [0.1, 0.15) is 31.8 Å². The lowest BCUT2D eigenvalue weighted by Crippen LogP contribution is -2.20. The van der Waals surface area contributed by atoms with Gasteiger partial charge in [-0.3, -0.25) is 9.59 Å². The predicted molar refractivity (Wildman–Crippen MR) is 140 cm³/mol. The third kappa shape index (κ3) is 2.42. The van der Waals surface area contributed by atoms with Crippen molar-refractivity contribution in [3.8, 4) is 11.1 Å². The summed E-state index contributed by atoms with van der Waals surface area (Å²) >= 11 is 0. The van der Waals surface area contributed by atoms with Crippen molar-refractivity contribution in [1.29, 1.82) is 0 Å². The Labute approximate surface area is 204 Å². The highest BCUT2D eigenvalue weighted by Gasteiger charge is 2.30. The van der Waals surface area contributed by atoms with Crippen molar-refractivity contribution in [2.45, 2.75) is 0 Å². The van der Waals surface area contributed by atoms with Crippen molar-refractivity contribution >= 4 is 55.4 Å². The molecule has 0 saturated heterocycles. The number of carbonyl (C=O) groups is 2. The summed E-state index contributed by atoms with van der Waals surface area (Å²) in [6, 6.07) is 30.3. The van der Waals surface area contributed by atoms with Crippen molar-refractivity contribution in [3.05, 3.63) is 119 Å². The topological polar surface area (TPSA) is 60.4 Å². The van der Waals surface area contributed by atoms with E-state index in [0.29, 0.717) is 22.3 Å². The minimum Gasteiger partial charge on any atom is -0.456 e. The largest absolute Gasteiger partial charge is 0.456 e. The highest BCUT2D eigenvalue weighted by Crippen LogP contribution is 2.45. The third-order valence-corrected chi connectivity index (χ3v) is 7.22. The number of furan rings is 2. The number of hydrogen-bond acceptors (Lipinski definition) is 4. The summed E-state index contributed by atoms with van der Waals surface area (Å²) in [7, 11) is 0. The first-order valence-corrected chi connectivity index (χ1v) is 11.8. The van der Waals surface area contributed by atoms with Gasteiger partial charge in [0.1, 0.15) is 22.3 Å². The Morgan fingerprint density at radius 1 is 0.472 bits per heavy atom. The number of fused-ring (bicyclic) bond motifs is 8. The number of carbonyl (C=O) groups excluding carboxylic acids is 2. The third-order valence-electron chi connectivity index (χ3n) is 7.22. The second kappa shape index (κ2) is 6.80. The number of ketones is 2. The van der Waals surface area contributed by atoms with Crippen molar-refractivity contribution < 1.29 is 18.4 Å². The molecule has 7 aromatic rings. The molecule has 1 aliphatic rings. The van der Waals surface area contributed by atoms with E-state index in [1.54, 1.807) is 30.3 Å². The SMILES string of the molecule is O=C1c2ccccc2C(=O)c2cc(-c3c4oc5ccccc5c4cc4oc5ccccc5c34)ccc21. The Hall–Kier alpha value is -4.96. The Balaban J connectivity index is 1.50. The molecule has 4 heteroatoms. The quantitative estimate of drug-likeness (QED) is 0.247. The van der Waals surface area contributed by atoms with Gasteiger partial charge in [0.15, 0.2) is 11.6 Å². The molecule has 1 aliphatic carbocycles. The van der Waals surface area contributed by atoms with E-state index >= 15 is 0 Å². The molecule has 2 heterocycles. The lowest BCUT2D eigenvalue weighted by molar-refractivity contribution is 0.0979. The minimum absolute atomic E-state index is 0.132. The van der Waals surface area contributed by atoms with E-state index in [1.165, 1.54) is 0 Å². The van der Waals surface area contributed by atoms with Crippen molar-refractivity contribution in [3.63, 3.8) is 0 Å². The maximum absolute atomic E-state index is 13.5. The molecule has 0 saturated carbocycles. The summed E-state index contributed by atoms with van der Waals surface area (Å²) in [6.45, 7) is 0. The van der Waals surface area contributed by atoms with E-state index in [1.807, 2.05) is 66.7 Å². The molecule has 0 atom stereocenters. The van der Waals surface area contributed by atoms with Crippen LogP contribution in [0.3, 0.4) is 0 Å². The summed E-state index contributed by atoms with van der Waals surface area (Å²) in [4.78, 5) is 26.7. The molecule has 8 rings (SSSR count). The van der Waals surface area contributed by atoms with Gasteiger partial charge in [0.2, 0.25) is 0 Å². The fourth-order valence-electron chi connectivity index (χ4n) is 5.59. The summed E-state index contributed by atoms with van der Waals surface area (Å²) in [5, 5.41) is 3.83. The number of benzene rings is 5. The Bertz CT molecular complexity index is 2080. The van der Waals surface area contributed by atoms with Crippen LogP contribution in [-0.2, 0) is 0 Å². The van der Waals surface area contributed by atoms with Crippen LogP contribution in [0.5, 0.6) is 0 Å². The van der Waals surface area contributed by atoms with Crippen LogP contribution in [-0.4, -0.2) is 11.6 Å². The zero-order chi connectivity index (χ0) is 24.0. The zero-order valence-electron chi connectivity index (χ0n) is 18.9. The van der Waals surface area contributed by atoms with Gasteiger partial charge in [-0.25, -0.2) is 0 Å². The number of para-hydroxylation sites is 2. The smallest absolute Gasteiger partial charge is 0.194 e. The maximum atomic E-state index is 13.5. The molecule has 0 unspecified atom stereocenters. The zero-order valence-corrected chi connectivity index (χ0v) is 18.9. The second-order valence-corrected chi connectivity index (χ2v) is 9.16. The molecule has 0 radical (unpaired) electrons. The van der Waals surface area contributed by atoms with E-state index in [0.717, 1.165) is 55.0 Å². The molecule has 0 aliphatic heterocycles. The fraction of sp³-hybridized carbons (Fsp3) is 0.